The number of hydrogen-bond acceptors (Lipinski definition) is 8. The molecule has 0 unspecified atom stereocenters. The number of carbonyl (C=O) groups excluding carboxylic acids is 1. The maximum Gasteiger partial charge on any atom is 0.317 e. The van der Waals surface area contributed by atoms with Crippen molar-refractivity contribution in [2.75, 3.05) is 19.6 Å². The summed E-state index contributed by atoms with van der Waals surface area (Å²) >= 11 is 0. The predicted molar refractivity (Wildman–Crippen MR) is 170 cm³/mol. The summed E-state index contributed by atoms with van der Waals surface area (Å²) in [5.74, 6) is -2.93. The first kappa shape index (κ1) is 35.4. The molecule has 0 fully saturated rings. The highest BCUT2D eigenvalue weighted by Crippen LogP contribution is 2.44. The minimum absolute atomic E-state index is 0.00909. The van der Waals surface area contributed by atoms with Gasteiger partial charge in [0.05, 0.1) is 13.1 Å². The van der Waals surface area contributed by atoms with Crippen LogP contribution in [0.25, 0.3) is 5.57 Å². The van der Waals surface area contributed by atoms with Crippen LogP contribution in [0.15, 0.2) is 63.6 Å². The maximum absolute atomic E-state index is 13.6. The van der Waals surface area contributed by atoms with Crippen LogP contribution in [-0.2, 0) is 31.0 Å². The third kappa shape index (κ3) is 7.95. The molecule has 0 aromatic heterocycles. The topological polar surface area (TPSA) is 190 Å². The first-order valence-corrected chi connectivity index (χ1v) is 15.9. The molecule has 0 atom stereocenters. The number of carboxylic acids is 2. The molecule has 1 aliphatic carbocycles. The normalized spacial score (nSPS) is 15.1. The largest absolute Gasteiger partial charge is 0.507 e. The van der Waals surface area contributed by atoms with Crippen molar-refractivity contribution < 1.29 is 42.7 Å². The molecule has 12 heteroatoms. The fourth-order valence-corrected chi connectivity index (χ4v) is 6.12. The number of nitrogens with one attached hydrogen (secondary N) is 2. The number of hydrogen-bond donors (Lipinski definition) is 6. The number of benzene rings is 2. The molecular formula is C33H40N2O9S. The molecule has 3 rings (SSSR count). The van der Waals surface area contributed by atoms with E-state index in [4.69, 9.17) is 0 Å². The van der Waals surface area contributed by atoms with Crippen LogP contribution in [0.1, 0.15) is 68.4 Å². The van der Waals surface area contributed by atoms with Gasteiger partial charge >= 0.3 is 11.9 Å². The smallest absolute Gasteiger partial charge is 0.317 e. The van der Waals surface area contributed by atoms with Gasteiger partial charge in [0.15, 0.2) is 5.78 Å². The number of phenols is 1. The molecule has 0 spiro atoms. The lowest BCUT2D eigenvalue weighted by atomic mass is 9.77. The Labute approximate surface area is 263 Å². The number of allylic oxidation sites excluding steroid dienone is 4. The molecule has 0 bridgehead atoms. The van der Waals surface area contributed by atoms with Gasteiger partial charge in [-0.1, -0.05) is 45.9 Å². The van der Waals surface area contributed by atoms with E-state index in [0.717, 1.165) is 0 Å². The monoisotopic (exact) mass is 640 g/mol. The standard InChI is InChI=1S/C33H40N2O9S/c1-17(2)22-11-24(19(5)26(32(22)40)13-34-15-29(36)37)31(21-9-7-8-10-28(21)45(42,43)44)25-12-23(18(3)4)33(41)27(20(25)6)14-35-16-30(38)39/h7-12,17-18,34-35,40H,13-16H2,1-6H3,(H,36,37)(H,38,39)(H,42,43,44)/b31-25+. The van der Waals surface area contributed by atoms with Gasteiger partial charge < -0.3 is 26.0 Å². The number of Topliss-reactive ketones (excluding diaryl/α,β-unsaturated/α-hetero) is 1. The molecular weight excluding hydrogens is 600 g/mol. The van der Waals surface area contributed by atoms with Crippen LogP contribution in [0.4, 0.5) is 0 Å². The van der Waals surface area contributed by atoms with Crippen molar-refractivity contribution in [2.45, 2.75) is 58.9 Å². The number of carbonyl (C=O) groups is 3. The van der Waals surface area contributed by atoms with Crippen LogP contribution in [-0.4, -0.2) is 65.6 Å². The van der Waals surface area contributed by atoms with Gasteiger partial charge in [-0.2, -0.15) is 8.42 Å². The molecule has 45 heavy (non-hydrogen) atoms. The molecule has 0 heterocycles. The lowest BCUT2D eigenvalue weighted by Gasteiger charge is -2.28. The summed E-state index contributed by atoms with van der Waals surface area (Å²) < 4.78 is 35.7. The number of ketones is 1. The van der Waals surface area contributed by atoms with Gasteiger partial charge in [0.2, 0.25) is 0 Å². The zero-order valence-electron chi connectivity index (χ0n) is 26.2. The first-order chi connectivity index (χ1) is 21.0. The highest BCUT2D eigenvalue weighted by molar-refractivity contribution is 7.86. The summed E-state index contributed by atoms with van der Waals surface area (Å²) in [5, 5.41) is 35.3. The van der Waals surface area contributed by atoms with E-state index in [-0.39, 0.29) is 60.0 Å². The minimum Gasteiger partial charge on any atom is -0.507 e. The van der Waals surface area contributed by atoms with E-state index in [1.165, 1.54) is 12.1 Å². The Morgan fingerprint density at radius 3 is 2.00 bits per heavy atom. The molecule has 0 radical (unpaired) electrons. The molecule has 2 aromatic rings. The second-order valence-corrected chi connectivity index (χ2v) is 13.0. The van der Waals surface area contributed by atoms with Crippen molar-refractivity contribution in [3.63, 3.8) is 0 Å². The van der Waals surface area contributed by atoms with Crippen molar-refractivity contribution in [3.8, 4) is 5.75 Å². The number of carboxylic acid groups (broad SMARTS) is 2. The number of rotatable bonds is 13. The SMILES string of the molecule is CC1=C(CNCC(=O)O)C(=O)C(C(C)C)=C/C1=C(/c1ccccc1S(=O)(=O)O)c1cc(C(C)C)c(O)c(CNCC(=O)O)c1C. The average molecular weight is 641 g/mol. The van der Waals surface area contributed by atoms with Crippen LogP contribution in [0.5, 0.6) is 5.75 Å². The number of aromatic hydroxyl groups is 1. The summed E-state index contributed by atoms with van der Waals surface area (Å²) in [4.78, 5) is 35.7. The van der Waals surface area contributed by atoms with Crippen LogP contribution in [0.3, 0.4) is 0 Å². The van der Waals surface area contributed by atoms with Crippen LogP contribution >= 0.6 is 0 Å². The molecule has 2 aromatic carbocycles. The summed E-state index contributed by atoms with van der Waals surface area (Å²) in [6.45, 7) is 10.0. The molecule has 0 aliphatic heterocycles. The van der Waals surface area contributed by atoms with Gasteiger partial charge in [-0.3, -0.25) is 18.9 Å². The second kappa shape index (κ2) is 14.3. The van der Waals surface area contributed by atoms with Gasteiger partial charge in [0.1, 0.15) is 10.6 Å². The lowest BCUT2D eigenvalue weighted by Crippen LogP contribution is -2.30. The Morgan fingerprint density at radius 2 is 1.47 bits per heavy atom. The predicted octanol–water partition coefficient (Wildman–Crippen LogP) is 4.20. The highest BCUT2D eigenvalue weighted by Gasteiger charge is 2.31. The van der Waals surface area contributed by atoms with Crippen molar-refractivity contribution in [1.82, 2.24) is 10.6 Å². The van der Waals surface area contributed by atoms with E-state index < -0.39 is 22.1 Å². The van der Waals surface area contributed by atoms with E-state index in [1.54, 1.807) is 38.1 Å². The van der Waals surface area contributed by atoms with Crippen LogP contribution in [0.2, 0.25) is 0 Å². The summed E-state index contributed by atoms with van der Waals surface area (Å²) in [7, 11) is -4.74. The van der Waals surface area contributed by atoms with Crippen molar-refractivity contribution >= 4 is 33.4 Å². The number of aliphatic carboxylic acids is 2. The Kier molecular flexibility index (Phi) is 11.3. The van der Waals surface area contributed by atoms with Gasteiger partial charge in [-0.25, -0.2) is 0 Å². The Hall–Kier alpha value is -4.10. The van der Waals surface area contributed by atoms with Crippen molar-refractivity contribution in [2.24, 2.45) is 5.92 Å². The summed E-state index contributed by atoms with van der Waals surface area (Å²) in [6.07, 6.45) is 1.70. The van der Waals surface area contributed by atoms with Crippen LogP contribution < -0.4 is 10.6 Å². The molecule has 11 nitrogen and oxygen atoms in total. The summed E-state index contributed by atoms with van der Waals surface area (Å²) in [5.41, 5.74) is 4.16. The lowest BCUT2D eigenvalue weighted by molar-refractivity contribution is -0.137. The van der Waals surface area contributed by atoms with Gasteiger partial charge in [-0.05, 0) is 77.3 Å². The fourth-order valence-electron chi connectivity index (χ4n) is 5.42. The van der Waals surface area contributed by atoms with Crippen molar-refractivity contribution in [3.05, 3.63) is 86.5 Å². The zero-order valence-corrected chi connectivity index (χ0v) is 27.0. The molecule has 1 aliphatic rings. The molecule has 6 N–H and O–H groups in total. The molecule has 0 amide bonds. The maximum atomic E-state index is 13.6. The average Bonchev–Trinajstić information content (AvgIpc) is 2.93. The Balaban J connectivity index is 2.57. The van der Waals surface area contributed by atoms with E-state index in [2.05, 4.69) is 10.6 Å². The van der Waals surface area contributed by atoms with E-state index in [0.29, 0.717) is 50.1 Å². The highest BCUT2D eigenvalue weighted by atomic mass is 32.2. The van der Waals surface area contributed by atoms with Gasteiger partial charge in [0.25, 0.3) is 10.1 Å². The minimum atomic E-state index is -4.74. The molecule has 0 saturated heterocycles. The van der Waals surface area contributed by atoms with E-state index >= 15 is 0 Å². The molecule has 0 saturated carbocycles. The van der Waals surface area contributed by atoms with Crippen LogP contribution in [0, 0.1) is 12.8 Å². The first-order valence-electron chi connectivity index (χ1n) is 14.5. The third-order valence-corrected chi connectivity index (χ3v) is 8.69. The third-order valence-electron chi connectivity index (χ3n) is 7.78. The van der Waals surface area contributed by atoms with Crippen molar-refractivity contribution in [1.29, 1.82) is 0 Å². The quantitative estimate of drug-likeness (QED) is 0.172. The van der Waals surface area contributed by atoms with E-state index in [9.17, 15) is 42.7 Å². The zero-order chi connectivity index (χ0) is 33.8. The second-order valence-electron chi connectivity index (χ2n) is 11.6. The van der Waals surface area contributed by atoms with Gasteiger partial charge in [0, 0.05) is 35.4 Å². The summed E-state index contributed by atoms with van der Waals surface area (Å²) in [6, 6.07) is 7.66. The Bertz CT molecular complexity index is 1730. The fraction of sp³-hybridized carbons (Fsp3) is 0.364. The molecule has 242 valence electrons. The van der Waals surface area contributed by atoms with Gasteiger partial charge in [-0.15, -0.1) is 0 Å². The number of phenolic OH excluding ortho intramolecular Hbond substituents is 1. The van der Waals surface area contributed by atoms with E-state index in [1.807, 2.05) is 27.7 Å². The Morgan fingerprint density at radius 1 is 0.889 bits per heavy atom.